The van der Waals surface area contributed by atoms with Crippen molar-refractivity contribution in [3.63, 3.8) is 0 Å². The Morgan fingerprint density at radius 2 is 1.41 bits per heavy atom. The van der Waals surface area contributed by atoms with Crippen LogP contribution in [0.5, 0.6) is 0 Å². The van der Waals surface area contributed by atoms with Gasteiger partial charge in [0.05, 0.1) is 23.9 Å². The lowest BCUT2D eigenvalue weighted by Crippen LogP contribution is -2.41. The van der Waals surface area contributed by atoms with Crippen LogP contribution in [-0.4, -0.2) is 31.4 Å². The Bertz CT molecular complexity index is 822. The van der Waals surface area contributed by atoms with Crippen molar-refractivity contribution < 1.29 is 18.8 Å². The van der Waals surface area contributed by atoms with Crippen LogP contribution in [0.3, 0.4) is 0 Å². The van der Waals surface area contributed by atoms with E-state index >= 15 is 0 Å². The van der Waals surface area contributed by atoms with Crippen LogP contribution in [0.25, 0.3) is 11.5 Å². The second-order valence-corrected chi connectivity index (χ2v) is 7.67. The van der Waals surface area contributed by atoms with Gasteiger partial charge in [0, 0.05) is 0 Å². The van der Waals surface area contributed by atoms with Gasteiger partial charge in [-0.1, -0.05) is 48.5 Å². The molecule has 1 saturated heterocycles. The van der Waals surface area contributed by atoms with Crippen molar-refractivity contribution in [2.45, 2.75) is 38.9 Å². The number of carbonyl (C=O) groups excluding carboxylic acids is 1. The molecule has 4 nitrogen and oxygen atoms in total. The number of esters is 1. The predicted molar refractivity (Wildman–Crippen MR) is 108 cm³/mol. The predicted octanol–water partition coefficient (Wildman–Crippen LogP) is 4.65. The minimum absolute atomic E-state index is 0.356. The Balaban J connectivity index is 2.02. The molecule has 1 aliphatic heterocycles. The molecule has 0 aromatic heterocycles. The zero-order valence-electron chi connectivity index (χ0n) is 16.5. The zero-order chi connectivity index (χ0) is 19.7. The van der Waals surface area contributed by atoms with Gasteiger partial charge in [0.2, 0.25) is 0 Å². The summed E-state index contributed by atoms with van der Waals surface area (Å²) in [5, 5.41) is 0. The summed E-state index contributed by atoms with van der Waals surface area (Å²) in [5.74, 6) is -0.356. The van der Waals surface area contributed by atoms with Crippen molar-refractivity contribution in [3.05, 3.63) is 71.3 Å². The third-order valence-electron chi connectivity index (χ3n) is 5.27. The molecule has 140 valence electrons. The lowest BCUT2D eigenvalue weighted by atomic mass is 9.73. The van der Waals surface area contributed by atoms with Crippen molar-refractivity contribution in [2.75, 3.05) is 7.11 Å². The highest BCUT2D eigenvalue weighted by atomic mass is 16.7. The molecule has 2 aromatic rings. The highest BCUT2D eigenvalue weighted by molar-refractivity contribution is 6.70. The molecule has 1 fully saturated rings. The molecule has 1 heterocycles. The van der Waals surface area contributed by atoms with Gasteiger partial charge in [-0.25, -0.2) is 4.79 Å². The SMILES string of the molecule is COC(=O)c1ccc(/C(=C\c2ccccc2)B2OC(C)(C)C(C)(C)O2)cc1. The summed E-state index contributed by atoms with van der Waals surface area (Å²) in [7, 11) is 0.876. The molecule has 2 aromatic carbocycles. The monoisotopic (exact) mass is 364 g/mol. The lowest BCUT2D eigenvalue weighted by Gasteiger charge is -2.32. The first kappa shape index (κ1) is 19.4. The maximum absolute atomic E-state index is 11.7. The van der Waals surface area contributed by atoms with Crippen LogP contribution in [0.2, 0.25) is 0 Å². The van der Waals surface area contributed by atoms with Gasteiger partial charge in [-0.2, -0.15) is 0 Å². The largest absolute Gasteiger partial charge is 0.495 e. The lowest BCUT2D eigenvalue weighted by molar-refractivity contribution is 0.00578. The number of methoxy groups -OCH3 is 1. The fourth-order valence-electron chi connectivity index (χ4n) is 2.90. The molecule has 0 unspecified atom stereocenters. The maximum Gasteiger partial charge on any atom is 0.495 e. The average molecular weight is 364 g/mol. The van der Waals surface area contributed by atoms with Crippen LogP contribution in [0.15, 0.2) is 54.6 Å². The molecule has 0 atom stereocenters. The zero-order valence-corrected chi connectivity index (χ0v) is 16.5. The van der Waals surface area contributed by atoms with Gasteiger partial charge >= 0.3 is 13.1 Å². The molecular formula is C22H25BO4. The Hall–Kier alpha value is -2.37. The quantitative estimate of drug-likeness (QED) is 0.450. The second kappa shape index (κ2) is 7.33. The fourth-order valence-corrected chi connectivity index (χ4v) is 2.90. The van der Waals surface area contributed by atoms with Gasteiger partial charge in [-0.3, -0.25) is 0 Å². The van der Waals surface area contributed by atoms with Crippen LogP contribution in [0.4, 0.5) is 0 Å². The first-order valence-corrected chi connectivity index (χ1v) is 9.04. The summed E-state index contributed by atoms with van der Waals surface area (Å²) in [6.45, 7) is 8.14. The Morgan fingerprint density at radius 3 is 1.93 bits per heavy atom. The van der Waals surface area contributed by atoms with Crippen molar-refractivity contribution >= 4 is 24.6 Å². The highest BCUT2D eigenvalue weighted by Gasteiger charge is 2.52. The van der Waals surface area contributed by atoms with E-state index in [1.807, 2.05) is 70.2 Å². The van der Waals surface area contributed by atoms with Crippen LogP contribution in [0.1, 0.15) is 49.2 Å². The van der Waals surface area contributed by atoms with E-state index in [4.69, 9.17) is 14.0 Å². The van der Waals surface area contributed by atoms with Crippen molar-refractivity contribution in [1.82, 2.24) is 0 Å². The Morgan fingerprint density at radius 1 is 0.889 bits per heavy atom. The minimum atomic E-state index is -0.501. The molecule has 27 heavy (non-hydrogen) atoms. The van der Waals surface area contributed by atoms with Gasteiger partial charge in [0.25, 0.3) is 0 Å². The number of carbonyl (C=O) groups is 1. The number of benzene rings is 2. The van der Waals surface area contributed by atoms with E-state index in [1.165, 1.54) is 7.11 Å². The van der Waals surface area contributed by atoms with Gasteiger partial charge < -0.3 is 14.0 Å². The van der Waals surface area contributed by atoms with Crippen LogP contribution < -0.4 is 0 Å². The molecule has 0 amide bonds. The number of rotatable bonds is 4. The van der Waals surface area contributed by atoms with Crippen LogP contribution in [0, 0.1) is 0 Å². The summed E-state index contributed by atoms with van der Waals surface area (Å²) in [6.07, 6.45) is 2.06. The molecule has 3 rings (SSSR count). The van der Waals surface area contributed by atoms with Gasteiger partial charge in [0.15, 0.2) is 0 Å². The fraction of sp³-hybridized carbons (Fsp3) is 0.318. The second-order valence-electron chi connectivity index (χ2n) is 7.67. The van der Waals surface area contributed by atoms with E-state index in [0.717, 1.165) is 16.6 Å². The average Bonchev–Trinajstić information content (AvgIpc) is 2.87. The molecular weight excluding hydrogens is 339 g/mol. The van der Waals surface area contributed by atoms with Gasteiger partial charge in [-0.15, -0.1) is 0 Å². The summed E-state index contributed by atoms with van der Waals surface area (Å²) in [5.41, 5.74) is 2.55. The molecule has 0 aliphatic carbocycles. The standard InChI is InChI=1S/C22H25BO4/c1-21(2)22(3,4)27-23(26-21)19(15-16-9-7-6-8-10-16)17-11-13-18(14-12-17)20(24)25-5/h6-15H,1-5H3/b19-15+. The Kier molecular flexibility index (Phi) is 5.27. The molecule has 1 aliphatic rings. The maximum atomic E-state index is 11.7. The summed E-state index contributed by atoms with van der Waals surface area (Å²) >= 11 is 0. The van der Waals surface area contributed by atoms with E-state index in [9.17, 15) is 4.79 Å². The first-order valence-electron chi connectivity index (χ1n) is 9.04. The number of hydrogen-bond donors (Lipinski definition) is 0. The molecule has 0 N–H and O–H groups in total. The van der Waals surface area contributed by atoms with E-state index in [2.05, 4.69) is 6.08 Å². The van der Waals surface area contributed by atoms with E-state index in [0.29, 0.717) is 5.56 Å². The molecule has 0 saturated carbocycles. The van der Waals surface area contributed by atoms with Crippen molar-refractivity contribution in [2.24, 2.45) is 0 Å². The molecule has 0 spiro atoms. The smallest absolute Gasteiger partial charge is 0.465 e. The topological polar surface area (TPSA) is 44.8 Å². The first-order chi connectivity index (χ1) is 12.7. The van der Waals surface area contributed by atoms with E-state index in [1.54, 1.807) is 12.1 Å². The normalized spacial score (nSPS) is 18.4. The van der Waals surface area contributed by atoms with E-state index in [-0.39, 0.29) is 5.97 Å². The van der Waals surface area contributed by atoms with Crippen LogP contribution >= 0.6 is 0 Å². The third kappa shape index (κ3) is 3.99. The number of ether oxygens (including phenoxy) is 1. The Labute approximate surface area is 161 Å². The third-order valence-corrected chi connectivity index (χ3v) is 5.27. The molecule has 0 radical (unpaired) electrons. The molecule has 5 heteroatoms. The van der Waals surface area contributed by atoms with E-state index < -0.39 is 18.3 Å². The van der Waals surface area contributed by atoms with Gasteiger partial charge in [-0.05, 0) is 56.4 Å². The van der Waals surface area contributed by atoms with Crippen molar-refractivity contribution in [1.29, 1.82) is 0 Å². The summed E-state index contributed by atoms with van der Waals surface area (Å²) < 4.78 is 17.3. The highest BCUT2D eigenvalue weighted by Crippen LogP contribution is 2.41. The van der Waals surface area contributed by atoms with Crippen LogP contribution in [-0.2, 0) is 14.0 Å². The molecule has 0 bridgehead atoms. The summed E-state index contributed by atoms with van der Waals surface area (Å²) in [4.78, 5) is 11.7. The number of hydrogen-bond acceptors (Lipinski definition) is 4. The minimum Gasteiger partial charge on any atom is -0.465 e. The van der Waals surface area contributed by atoms with Crippen molar-refractivity contribution in [3.8, 4) is 0 Å². The summed E-state index contributed by atoms with van der Waals surface area (Å²) in [6, 6.07) is 17.3. The van der Waals surface area contributed by atoms with Gasteiger partial charge in [0.1, 0.15) is 0 Å².